The lowest BCUT2D eigenvalue weighted by Crippen LogP contribution is -2.39. The number of fused-ring (bicyclic) bond motifs is 3. The van der Waals surface area contributed by atoms with Crippen molar-refractivity contribution in [3.05, 3.63) is 47.1 Å². The Hall–Kier alpha value is -2.16. The topological polar surface area (TPSA) is 32.7 Å². The van der Waals surface area contributed by atoms with Crippen LogP contribution in [0.15, 0.2) is 36.0 Å². The average molecular weight is 224 g/mol. The molecule has 1 aromatic carbocycles. The quantitative estimate of drug-likeness (QED) is 0.690. The molecule has 2 heterocycles. The fourth-order valence-electron chi connectivity index (χ4n) is 2.30. The van der Waals surface area contributed by atoms with Crippen LogP contribution >= 0.6 is 0 Å². The van der Waals surface area contributed by atoms with Crippen LogP contribution in [0.25, 0.3) is 12.2 Å². The van der Waals surface area contributed by atoms with Crippen molar-refractivity contribution in [3.63, 3.8) is 0 Å². The molecule has 0 radical (unpaired) electrons. The van der Waals surface area contributed by atoms with E-state index in [0.29, 0.717) is 13.0 Å². The average Bonchev–Trinajstić information content (AvgIpc) is 2.80. The number of carbonyl (C=O) groups is 1. The molecule has 0 spiro atoms. The van der Waals surface area contributed by atoms with Gasteiger partial charge < -0.3 is 4.90 Å². The fourth-order valence-corrected chi connectivity index (χ4v) is 2.30. The molecular weight excluding hydrogens is 212 g/mol. The second-order valence-electron chi connectivity index (χ2n) is 4.08. The normalized spacial score (nSPS) is 16.0. The third-order valence-corrected chi connectivity index (χ3v) is 3.06. The summed E-state index contributed by atoms with van der Waals surface area (Å²) in [6.07, 6.45) is 7.92. The van der Waals surface area contributed by atoms with Crippen molar-refractivity contribution in [1.29, 1.82) is 0 Å². The Kier molecular flexibility index (Phi) is 2.18. The van der Waals surface area contributed by atoms with Crippen molar-refractivity contribution in [1.82, 2.24) is 0 Å². The van der Waals surface area contributed by atoms with E-state index in [1.807, 2.05) is 24.3 Å². The van der Waals surface area contributed by atoms with Gasteiger partial charge in [0.1, 0.15) is 0 Å². The van der Waals surface area contributed by atoms with Crippen molar-refractivity contribution in [3.8, 4) is 0 Å². The molecule has 2 aliphatic rings. The van der Waals surface area contributed by atoms with E-state index in [0.717, 1.165) is 21.8 Å². The second kappa shape index (κ2) is 3.70. The Balaban J connectivity index is 2.30. The van der Waals surface area contributed by atoms with E-state index < -0.39 is 0 Å². The van der Waals surface area contributed by atoms with Crippen LogP contribution in [0, 0.1) is 0 Å². The van der Waals surface area contributed by atoms with Gasteiger partial charge in [-0.25, -0.2) is 0 Å². The first kappa shape index (κ1) is 10.0. The number of hydrogen-bond donors (Lipinski definition) is 0. The maximum Gasteiger partial charge on any atom is 0.231 e. The van der Waals surface area contributed by atoms with Crippen molar-refractivity contribution >= 4 is 23.7 Å². The maximum atomic E-state index is 11.9. The number of carbonyl (C=O) groups excluding carboxylic acids is 1. The summed E-state index contributed by atoms with van der Waals surface area (Å²) in [7, 11) is 0. The summed E-state index contributed by atoms with van der Waals surface area (Å²) in [5.74, 6) is 0.117. The summed E-state index contributed by atoms with van der Waals surface area (Å²) < 4.78 is 0. The summed E-state index contributed by atoms with van der Waals surface area (Å²) in [5.41, 5.74) is 2.00. The number of nitrogens with zero attached hydrogens (tertiary/aromatic N) is 2. The summed E-state index contributed by atoms with van der Waals surface area (Å²) in [6.45, 7) is 4.26. The molecule has 84 valence electrons. The highest BCUT2D eigenvalue weighted by Crippen LogP contribution is 2.20. The van der Waals surface area contributed by atoms with E-state index in [1.165, 1.54) is 0 Å². The standard InChI is InChI=1S/C14H12N2O/c1-2-9-16-13(17)6-4-10-3-5-12-11(14(10)16)7-8-15-12/h2-5,7-8H,1,6,9H2. The first-order valence-corrected chi connectivity index (χ1v) is 5.60. The molecule has 0 saturated heterocycles. The Morgan fingerprint density at radius 1 is 1.47 bits per heavy atom. The zero-order valence-corrected chi connectivity index (χ0v) is 9.39. The van der Waals surface area contributed by atoms with Crippen LogP contribution in [0.1, 0.15) is 12.0 Å². The van der Waals surface area contributed by atoms with E-state index in [2.05, 4.69) is 11.6 Å². The molecule has 1 aromatic rings. The van der Waals surface area contributed by atoms with Crippen molar-refractivity contribution in [2.75, 3.05) is 11.4 Å². The number of amides is 1. The Labute approximate surface area is 99.1 Å². The van der Waals surface area contributed by atoms with Gasteiger partial charge in [0, 0.05) is 24.7 Å². The van der Waals surface area contributed by atoms with Crippen molar-refractivity contribution in [2.45, 2.75) is 6.42 Å². The highest BCUT2D eigenvalue weighted by atomic mass is 16.2. The predicted molar refractivity (Wildman–Crippen MR) is 67.9 cm³/mol. The smallest absolute Gasteiger partial charge is 0.231 e. The van der Waals surface area contributed by atoms with Crippen LogP contribution < -0.4 is 15.5 Å². The monoisotopic (exact) mass is 224 g/mol. The van der Waals surface area contributed by atoms with Gasteiger partial charge in [0.2, 0.25) is 5.91 Å². The van der Waals surface area contributed by atoms with E-state index in [-0.39, 0.29) is 5.91 Å². The van der Waals surface area contributed by atoms with Crippen LogP contribution in [-0.4, -0.2) is 12.5 Å². The molecular formula is C14H12N2O. The molecule has 17 heavy (non-hydrogen) atoms. The largest absolute Gasteiger partial charge is 0.307 e. The van der Waals surface area contributed by atoms with Crippen LogP contribution in [0.4, 0.5) is 5.69 Å². The minimum atomic E-state index is 0.117. The molecule has 0 aliphatic carbocycles. The third kappa shape index (κ3) is 1.43. The second-order valence-corrected chi connectivity index (χ2v) is 4.08. The van der Waals surface area contributed by atoms with Gasteiger partial charge in [0.05, 0.1) is 11.0 Å². The van der Waals surface area contributed by atoms with E-state index in [4.69, 9.17) is 0 Å². The Morgan fingerprint density at radius 2 is 2.35 bits per heavy atom. The number of benzene rings is 1. The van der Waals surface area contributed by atoms with Gasteiger partial charge in [-0.05, 0) is 17.4 Å². The van der Waals surface area contributed by atoms with Gasteiger partial charge in [-0.2, -0.15) is 0 Å². The predicted octanol–water partition coefficient (Wildman–Crippen LogP) is 0.994. The number of anilines is 1. The highest BCUT2D eigenvalue weighted by Gasteiger charge is 2.22. The molecule has 0 atom stereocenters. The summed E-state index contributed by atoms with van der Waals surface area (Å²) in [4.78, 5) is 18.0. The molecule has 2 aliphatic heterocycles. The van der Waals surface area contributed by atoms with Gasteiger partial charge in [-0.3, -0.25) is 9.79 Å². The first-order chi connectivity index (χ1) is 8.31. The Bertz CT molecular complexity index is 656. The third-order valence-electron chi connectivity index (χ3n) is 3.06. The molecule has 3 heteroatoms. The van der Waals surface area contributed by atoms with Crippen molar-refractivity contribution in [2.24, 2.45) is 4.99 Å². The molecule has 0 N–H and O–H groups in total. The zero-order chi connectivity index (χ0) is 11.8. The molecule has 0 saturated carbocycles. The van der Waals surface area contributed by atoms with Gasteiger partial charge in [0.15, 0.2) is 0 Å². The first-order valence-electron chi connectivity index (χ1n) is 5.60. The molecule has 3 nitrogen and oxygen atoms in total. The molecule has 0 fully saturated rings. The summed E-state index contributed by atoms with van der Waals surface area (Å²) in [5, 5.41) is 2.04. The summed E-state index contributed by atoms with van der Waals surface area (Å²) in [6, 6.07) is 4.01. The van der Waals surface area contributed by atoms with Crippen molar-refractivity contribution < 1.29 is 4.79 Å². The molecule has 0 unspecified atom stereocenters. The van der Waals surface area contributed by atoms with Gasteiger partial charge in [-0.15, -0.1) is 6.58 Å². The SMILES string of the molecule is C=CCN1C(=O)CC=c2ccc3c(c21)C=CN=3. The van der Waals surface area contributed by atoms with Gasteiger partial charge in [-0.1, -0.05) is 18.2 Å². The molecule has 0 aromatic heterocycles. The molecule has 1 amide bonds. The Morgan fingerprint density at radius 3 is 3.18 bits per heavy atom. The summed E-state index contributed by atoms with van der Waals surface area (Å²) >= 11 is 0. The van der Waals surface area contributed by atoms with Crippen LogP contribution in [0.5, 0.6) is 0 Å². The number of hydrogen-bond acceptors (Lipinski definition) is 2. The van der Waals surface area contributed by atoms with E-state index in [1.54, 1.807) is 17.2 Å². The fraction of sp³-hybridized carbons (Fsp3) is 0.143. The lowest BCUT2D eigenvalue weighted by molar-refractivity contribution is -0.117. The zero-order valence-electron chi connectivity index (χ0n) is 9.39. The minimum Gasteiger partial charge on any atom is -0.307 e. The lowest BCUT2D eigenvalue weighted by Gasteiger charge is -2.26. The lowest BCUT2D eigenvalue weighted by atomic mass is 10.0. The maximum absolute atomic E-state index is 11.9. The van der Waals surface area contributed by atoms with Gasteiger partial charge >= 0.3 is 0 Å². The van der Waals surface area contributed by atoms with E-state index in [9.17, 15) is 4.79 Å². The molecule has 0 bridgehead atoms. The van der Waals surface area contributed by atoms with Crippen LogP contribution in [-0.2, 0) is 4.79 Å². The van der Waals surface area contributed by atoms with Crippen LogP contribution in [0.2, 0.25) is 0 Å². The van der Waals surface area contributed by atoms with Crippen LogP contribution in [0.3, 0.4) is 0 Å². The van der Waals surface area contributed by atoms with E-state index >= 15 is 0 Å². The number of rotatable bonds is 2. The molecule has 3 rings (SSSR count). The highest BCUT2D eigenvalue weighted by molar-refractivity contribution is 6.01. The minimum absolute atomic E-state index is 0.117. The van der Waals surface area contributed by atoms with Gasteiger partial charge in [0.25, 0.3) is 0 Å².